The first kappa shape index (κ1) is 11.6. The Morgan fingerprint density at radius 3 is 3.00 bits per heavy atom. The van der Waals surface area contributed by atoms with Crippen LogP contribution in [-0.4, -0.2) is 30.2 Å². The molecule has 7 heteroatoms. The van der Waals surface area contributed by atoms with E-state index in [-0.39, 0.29) is 11.8 Å². The number of fused-ring (bicyclic) bond motifs is 1. The molecule has 1 atom stereocenters. The van der Waals surface area contributed by atoms with Crippen molar-refractivity contribution in [2.24, 2.45) is 0 Å². The standard InChI is InChI=1S/C11H11N3O2S2/c1-7-12-9-2-4-17-10(9)11(13-7)14-8-3-5-18(15,16)6-8/h2-5,8H,6H2,1H3,(H,12,13,14). The molecule has 0 aliphatic carbocycles. The first-order chi connectivity index (χ1) is 8.53. The second-order valence-corrected chi connectivity index (χ2v) is 7.01. The maximum atomic E-state index is 11.4. The lowest BCUT2D eigenvalue weighted by molar-refractivity contribution is 0.605. The SMILES string of the molecule is Cc1nc(NC2C=CS(=O)(=O)C2)c2sccc2n1. The molecule has 0 spiro atoms. The molecule has 0 saturated heterocycles. The third-order valence-corrected chi connectivity index (χ3v) is 4.97. The number of hydrogen-bond donors (Lipinski definition) is 1. The van der Waals surface area contributed by atoms with Crippen molar-refractivity contribution in [3.05, 3.63) is 28.8 Å². The first-order valence-corrected chi connectivity index (χ1v) is 8.02. The second kappa shape index (κ2) is 4.03. The molecule has 5 nitrogen and oxygen atoms in total. The van der Waals surface area contributed by atoms with Gasteiger partial charge in [-0.25, -0.2) is 18.4 Å². The smallest absolute Gasteiger partial charge is 0.173 e. The van der Waals surface area contributed by atoms with Crippen LogP contribution in [0.4, 0.5) is 5.82 Å². The minimum atomic E-state index is -3.05. The van der Waals surface area contributed by atoms with Crippen molar-refractivity contribution in [3.8, 4) is 0 Å². The average molecular weight is 281 g/mol. The van der Waals surface area contributed by atoms with E-state index in [1.165, 1.54) is 5.41 Å². The summed E-state index contributed by atoms with van der Waals surface area (Å²) in [7, 11) is -3.05. The first-order valence-electron chi connectivity index (χ1n) is 5.43. The van der Waals surface area contributed by atoms with E-state index in [9.17, 15) is 8.42 Å². The molecule has 2 aromatic heterocycles. The zero-order valence-corrected chi connectivity index (χ0v) is 11.3. The Morgan fingerprint density at radius 1 is 1.44 bits per heavy atom. The molecule has 3 rings (SSSR count). The Bertz CT molecular complexity index is 734. The topological polar surface area (TPSA) is 72.0 Å². The van der Waals surface area contributed by atoms with E-state index in [2.05, 4.69) is 15.3 Å². The molecule has 0 fully saturated rings. The van der Waals surface area contributed by atoms with Crippen molar-refractivity contribution in [1.29, 1.82) is 0 Å². The van der Waals surface area contributed by atoms with Gasteiger partial charge in [0.05, 0.1) is 22.0 Å². The Balaban J connectivity index is 1.96. The summed E-state index contributed by atoms with van der Waals surface area (Å²) in [6, 6.07) is 1.72. The summed E-state index contributed by atoms with van der Waals surface area (Å²) in [5.41, 5.74) is 0.889. The molecule has 0 aromatic carbocycles. The fraction of sp³-hybridized carbons (Fsp3) is 0.273. The number of nitrogens with one attached hydrogen (secondary N) is 1. The second-order valence-electron chi connectivity index (χ2n) is 4.16. The van der Waals surface area contributed by atoms with Gasteiger partial charge in [-0.15, -0.1) is 11.3 Å². The molecule has 0 bridgehead atoms. The lowest BCUT2D eigenvalue weighted by atomic mass is 10.3. The van der Waals surface area contributed by atoms with Crippen molar-refractivity contribution < 1.29 is 8.42 Å². The van der Waals surface area contributed by atoms with Gasteiger partial charge in [-0.1, -0.05) is 0 Å². The molecule has 94 valence electrons. The zero-order chi connectivity index (χ0) is 12.8. The monoisotopic (exact) mass is 281 g/mol. The molecule has 2 aromatic rings. The van der Waals surface area contributed by atoms with Gasteiger partial charge < -0.3 is 5.32 Å². The predicted octanol–water partition coefficient (Wildman–Crippen LogP) is 1.72. The fourth-order valence-electron chi connectivity index (χ4n) is 1.92. The van der Waals surface area contributed by atoms with Crippen LogP contribution in [0.2, 0.25) is 0 Å². The summed E-state index contributed by atoms with van der Waals surface area (Å²) in [6.45, 7) is 1.82. The number of nitrogens with zero attached hydrogens (tertiary/aromatic N) is 2. The van der Waals surface area contributed by atoms with Crippen LogP contribution in [-0.2, 0) is 9.84 Å². The summed E-state index contributed by atoms with van der Waals surface area (Å²) in [5, 5.41) is 6.36. The molecule has 1 aliphatic heterocycles. The molecule has 1 aliphatic rings. The molecule has 0 saturated carbocycles. The highest BCUT2D eigenvalue weighted by Gasteiger charge is 2.22. The largest absolute Gasteiger partial charge is 0.361 e. The molecule has 1 N–H and O–H groups in total. The predicted molar refractivity (Wildman–Crippen MR) is 72.5 cm³/mol. The molecule has 0 amide bonds. The number of thiophene rings is 1. The van der Waals surface area contributed by atoms with E-state index in [1.807, 2.05) is 18.4 Å². The maximum absolute atomic E-state index is 11.4. The Labute approximate surface area is 108 Å². The van der Waals surface area contributed by atoms with Gasteiger partial charge in [-0.05, 0) is 24.4 Å². The average Bonchev–Trinajstić information content (AvgIpc) is 2.84. The van der Waals surface area contributed by atoms with Gasteiger partial charge in [0.2, 0.25) is 0 Å². The van der Waals surface area contributed by atoms with Crippen LogP contribution in [0.5, 0.6) is 0 Å². The van der Waals surface area contributed by atoms with E-state index in [1.54, 1.807) is 17.4 Å². The van der Waals surface area contributed by atoms with E-state index in [4.69, 9.17) is 0 Å². The van der Waals surface area contributed by atoms with Crippen LogP contribution in [0.15, 0.2) is 22.9 Å². The summed E-state index contributed by atoms with van der Waals surface area (Å²) in [4.78, 5) is 8.67. The van der Waals surface area contributed by atoms with Gasteiger partial charge in [0, 0.05) is 5.41 Å². The van der Waals surface area contributed by atoms with E-state index < -0.39 is 9.84 Å². The molecule has 1 unspecified atom stereocenters. The zero-order valence-electron chi connectivity index (χ0n) is 9.62. The van der Waals surface area contributed by atoms with Crippen molar-refractivity contribution in [2.75, 3.05) is 11.1 Å². The lowest BCUT2D eigenvalue weighted by Gasteiger charge is -2.11. The summed E-state index contributed by atoms with van der Waals surface area (Å²) in [6.07, 6.45) is 1.66. The summed E-state index contributed by atoms with van der Waals surface area (Å²) >= 11 is 1.54. The summed E-state index contributed by atoms with van der Waals surface area (Å²) < 4.78 is 23.7. The minimum absolute atomic E-state index is 0.0862. The van der Waals surface area contributed by atoms with Gasteiger partial charge in [0.15, 0.2) is 9.84 Å². The quantitative estimate of drug-likeness (QED) is 0.907. The van der Waals surface area contributed by atoms with Gasteiger partial charge in [-0.3, -0.25) is 0 Å². The van der Waals surface area contributed by atoms with Crippen LogP contribution in [0.3, 0.4) is 0 Å². The molecule has 18 heavy (non-hydrogen) atoms. The van der Waals surface area contributed by atoms with Gasteiger partial charge in [0.25, 0.3) is 0 Å². The van der Waals surface area contributed by atoms with Crippen molar-refractivity contribution >= 4 is 37.2 Å². The van der Waals surface area contributed by atoms with Gasteiger partial charge in [-0.2, -0.15) is 0 Å². The number of aromatic nitrogens is 2. The fourth-order valence-corrected chi connectivity index (χ4v) is 3.94. The Morgan fingerprint density at radius 2 is 2.28 bits per heavy atom. The highest BCUT2D eigenvalue weighted by Crippen LogP contribution is 2.27. The number of sulfone groups is 1. The van der Waals surface area contributed by atoms with Crippen LogP contribution in [0, 0.1) is 6.92 Å². The third kappa shape index (κ3) is 2.11. The Hall–Kier alpha value is -1.47. The van der Waals surface area contributed by atoms with Crippen LogP contribution >= 0.6 is 11.3 Å². The maximum Gasteiger partial charge on any atom is 0.173 e. The summed E-state index contributed by atoms with van der Waals surface area (Å²) in [5.74, 6) is 1.47. The number of aryl methyl sites for hydroxylation is 1. The molecule has 3 heterocycles. The molecular weight excluding hydrogens is 270 g/mol. The molecule has 0 radical (unpaired) electrons. The minimum Gasteiger partial charge on any atom is -0.361 e. The van der Waals surface area contributed by atoms with Crippen molar-refractivity contribution in [3.63, 3.8) is 0 Å². The molecular formula is C11H11N3O2S2. The number of hydrogen-bond acceptors (Lipinski definition) is 6. The van der Waals surface area contributed by atoms with Gasteiger partial charge in [0.1, 0.15) is 11.6 Å². The normalized spacial score (nSPS) is 21.5. The number of anilines is 1. The van der Waals surface area contributed by atoms with Crippen LogP contribution in [0.1, 0.15) is 5.82 Å². The van der Waals surface area contributed by atoms with Crippen molar-refractivity contribution in [1.82, 2.24) is 9.97 Å². The van der Waals surface area contributed by atoms with Gasteiger partial charge >= 0.3 is 0 Å². The van der Waals surface area contributed by atoms with Crippen LogP contribution < -0.4 is 5.32 Å². The lowest BCUT2D eigenvalue weighted by Crippen LogP contribution is -2.21. The highest BCUT2D eigenvalue weighted by molar-refractivity contribution is 7.94. The van der Waals surface area contributed by atoms with Crippen molar-refractivity contribution in [2.45, 2.75) is 13.0 Å². The number of rotatable bonds is 2. The van der Waals surface area contributed by atoms with E-state index in [0.29, 0.717) is 11.6 Å². The van der Waals surface area contributed by atoms with E-state index >= 15 is 0 Å². The Kier molecular flexibility index (Phi) is 2.60. The highest BCUT2D eigenvalue weighted by atomic mass is 32.2. The van der Waals surface area contributed by atoms with E-state index in [0.717, 1.165) is 10.2 Å². The van der Waals surface area contributed by atoms with Crippen LogP contribution in [0.25, 0.3) is 10.2 Å². The third-order valence-electron chi connectivity index (χ3n) is 2.67.